The number of carbonyl (C=O) groups is 1. The summed E-state index contributed by atoms with van der Waals surface area (Å²) in [5.74, 6) is -0.307. The summed E-state index contributed by atoms with van der Waals surface area (Å²) in [7, 11) is 0. The molecule has 0 radical (unpaired) electrons. The molecule has 30 heavy (non-hydrogen) atoms. The van der Waals surface area contributed by atoms with Gasteiger partial charge in [-0.05, 0) is 49.4 Å². The van der Waals surface area contributed by atoms with E-state index in [1.54, 1.807) is 25.1 Å². The zero-order valence-electron chi connectivity index (χ0n) is 15.7. The molecule has 1 unspecified atom stereocenters. The molecule has 0 saturated heterocycles. The van der Waals surface area contributed by atoms with Gasteiger partial charge in [0.2, 0.25) is 17.6 Å². The van der Waals surface area contributed by atoms with E-state index in [0.29, 0.717) is 16.5 Å². The first-order valence-corrected chi connectivity index (χ1v) is 9.73. The van der Waals surface area contributed by atoms with Gasteiger partial charge < -0.3 is 9.84 Å². The number of aromatic nitrogens is 4. The van der Waals surface area contributed by atoms with E-state index in [1.165, 1.54) is 35.2 Å². The number of fused-ring (bicyclic) bond motifs is 1. The molecule has 2 aromatic carbocycles. The van der Waals surface area contributed by atoms with Crippen LogP contribution < -0.4 is 10.9 Å². The first kappa shape index (κ1) is 19.9. The zero-order valence-corrected chi connectivity index (χ0v) is 17.3. The van der Waals surface area contributed by atoms with Crippen molar-refractivity contribution in [3.8, 4) is 11.4 Å². The van der Waals surface area contributed by atoms with Gasteiger partial charge in [0.15, 0.2) is 0 Å². The lowest BCUT2D eigenvalue weighted by Crippen LogP contribution is -2.34. The number of benzene rings is 2. The van der Waals surface area contributed by atoms with E-state index in [0.717, 1.165) is 4.47 Å². The van der Waals surface area contributed by atoms with Gasteiger partial charge in [0.1, 0.15) is 18.4 Å². The molecule has 0 aliphatic carbocycles. The lowest BCUT2D eigenvalue weighted by Gasteiger charge is -2.11. The van der Waals surface area contributed by atoms with Crippen molar-refractivity contribution in [3.63, 3.8) is 0 Å². The van der Waals surface area contributed by atoms with E-state index in [9.17, 15) is 14.0 Å². The monoisotopic (exact) mass is 471 g/mol. The average Bonchev–Trinajstić information content (AvgIpc) is 3.21. The Bertz CT molecular complexity index is 1290. The number of halogens is 2. The van der Waals surface area contributed by atoms with Gasteiger partial charge in [0, 0.05) is 10.0 Å². The van der Waals surface area contributed by atoms with Gasteiger partial charge >= 0.3 is 0 Å². The molecule has 0 aliphatic rings. The van der Waals surface area contributed by atoms with E-state index < -0.39 is 11.9 Å². The minimum atomic E-state index is -0.586. The maximum atomic E-state index is 13.0. The number of amides is 1. The first-order valence-electron chi connectivity index (χ1n) is 8.94. The molecule has 1 atom stereocenters. The van der Waals surface area contributed by atoms with Crippen LogP contribution in [-0.2, 0) is 11.3 Å². The number of hydrogen-bond acceptors (Lipinski definition) is 6. The Morgan fingerprint density at radius 3 is 2.80 bits per heavy atom. The van der Waals surface area contributed by atoms with Gasteiger partial charge in [-0.3, -0.25) is 14.2 Å². The van der Waals surface area contributed by atoms with Crippen molar-refractivity contribution in [2.45, 2.75) is 19.5 Å². The van der Waals surface area contributed by atoms with E-state index in [4.69, 9.17) is 4.52 Å². The van der Waals surface area contributed by atoms with Gasteiger partial charge in [-0.1, -0.05) is 21.1 Å². The molecule has 2 heterocycles. The van der Waals surface area contributed by atoms with Crippen molar-refractivity contribution < 1.29 is 13.7 Å². The van der Waals surface area contributed by atoms with Gasteiger partial charge in [-0.15, -0.1) is 0 Å². The summed E-state index contributed by atoms with van der Waals surface area (Å²) >= 11 is 3.33. The van der Waals surface area contributed by atoms with Crippen molar-refractivity contribution in [2.24, 2.45) is 0 Å². The Morgan fingerprint density at radius 2 is 2.03 bits per heavy atom. The van der Waals surface area contributed by atoms with Crippen molar-refractivity contribution in [3.05, 3.63) is 75.3 Å². The van der Waals surface area contributed by atoms with Crippen LogP contribution in [0.4, 0.5) is 4.39 Å². The number of nitrogens with zero attached hydrogens (tertiary/aromatic N) is 4. The van der Waals surface area contributed by atoms with E-state index in [1.807, 2.05) is 0 Å². The minimum Gasteiger partial charge on any atom is -0.343 e. The van der Waals surface area contributed by atoms with E-state index in [2.05, 4.69) is 36.4 Å². The molecule has 0 spiro atoms. The van der Waals surface area contributed by atoms with Gasteiger partial charge in [0.25, 0.3) is 5.56 Å². The van der Waals surface area contributed by atoms with Crippen LogP contribution in [0.1, 0.15) is 18.9 Å². The number of carbonyl (C=O) groups excluding carboxylic acids is 1. The SMILES string of the molecule is CC(NC(=O)Cn1cnc2ccc(Br)cc2c1=O)c1nc(-c2ccc(F)cc2)no1. The third kappa shape index (κ3) is 4.13. The zero-order chi connectivity index (χ0) is 21.3. The second-order valence-corrected chi connectivity index (χ2v) is 7.51. The van der Waals surface area contributed by atoms with Crippen LogP contribution in [0.2, 0.25) is 0 Å². The van der Waals surface area contributed by atoms with E-state index in [-0.39, 0.29) is 29.6 Å². The molecule has 0 fully saturated rings. The van der Waals surface area contributed by atoms with Crippen molar-refractivity contribution in [1.29, 1.82) is 0 Å². The Balaban J connectivity index is 1.47. The van der Waals surface area contributed by atoms with Gasteiger partial charge in [0.05, 0.1) is 17.2 Å². The molecule has 0 saturated carbocycles. The third-order valence-corrected chi connectivity index (χ3v) is 4.89. The largest absolute Gasteiger partial charge is 0.343 e. The van der Waals surface area contributed by atoms with Crippen LogP contribution in [0.15, 0.2) is 62.6 Å². The molecule has 0 bridgehead atoms. The van der Waals surface area contributed by atoms with Crippen molar-refractivity contribution >= 4 is 32.7 Å². The van der Waals surface area contributed by atoms with Gasteiger partial charge in [-0.25, -0.2) is 9.37 Å². The molecule has 8 nitrogen and oxygen atoms in total. The smallest absolute Gasteiger partial charge is 0.261 e. The highest BCUT2D eigenvalue weighted by Gasteiger charge is 2.18. The lowest BCUT2D eigenvalue weighted by molar-refractivity contribution is -0.122. The lowest BCUT2D eigenvalue weighted by atomic mass is 10.2. The van der Waals surface area contributed by atoms with E-state index >= 15 is 0 Å². The normalized spacial score (nSPS) is 12.1. The highest BCUT2D eigenvalue weighted by atomic mass is 79.9. The molecular weight excluding hydrogens is 457 g/mol. The summed E-state index contributed by atoms with van der Waals surface area (Å²) in [5.41, 5.74) is 0.817. The molecule has 152 valence electrons. The summed E-state index contributed by atoms with van der Waals surface area (Å²) in [6.07, 6.45) is 1.34. The average molecular weight is 472 g/mol. The Morgan fingerprint density at radius 1 is 1.27 bits per heavy atom. The molecule has 4 aromatic rings. The second kappa shape index (κ2) is 8.15. The fourth-order valence-corrected chi connectivity index (χ4v) is 3.24. The Hall–Kier alpha value is -3.40. The highest BCUT2D eigenvalue weighted by Crippen LogP contribution is 2.19. The van der Waals surface area contributed by atoms with Crippen LogP contribution in [0.5, 0.6) is 0 Å². The number of hydrogen-bond donors (Lipinski definition) is 1. The van der Waals surface area contributed by atoms with Crippen molar-refractivity contribution in [2.75, 3.05) is 0 Å². The van der Waals surface area contributed by atoms with Gasteiger partial charge in [-0.2, -0.15) is 4.98 Å². The topological polar surface area (TPSA) is 103 Å². The number of nitrogens with one attached hydrogen (secondary N) is 1. The molecule has 4 rings (SSSR count). The van der Waals surface area contributed by atoms with Crippen LogP contribution >= 0.6 is 15.9 Å². The van der Waals surface area contributed by atoms with Crippen molar-refractivity contribution in [1.82, 2.24) is 25.0 Å². The second-order valence-electron chi connectivity index (χ2n) is 6.59. The first-order chi connectivity index (χ1) is 14.4. The highest BCUT2D eigenvalue weighted by molar-refractivity contribution is 9.10. The summed E-state index contributed by atoms with van der Waals surface area (Å²) in [5, 5.41) is 6.98. The maximum absolute atomic E-state index is 13.0. The quantitative estimate of drug-likeness (QED) is 0.479. The summed E-state index contributed by atoms with van der Waals surface area (Å²) in [4.78, 5) is 33.5. The molecule has 1 amide bonds. The fourth-order valence-electron chi connectivity index (χ4n) is 2.87. The summed E-state index contributed by atoms with van der Waals surface area (Å²) in [6, 6.07) is 10.2. The predicted molar refractivity (Wildman–Crippen MR) is 110 cm³/mol. The fraction of sp³-hybridized carbons (Fsp3) is 0.150. The molecule has 10 heteroatoms. The van der Waals surface area contributed by atoms with Crippen LogP contribution in [0.3, 0.4) is 0 Å². The Labute approximate surface area is 177 Å². The molecule has 2 aromatic heterocycles. The molecule has 0 aliphatic heterocycles. The third-order valence-electron chi connectivity index (χ3n) is 4.39. The molecular formula is C20H15BrFN5O3. The van der Waals surface area contributed by atoms with Crippen LogP contribution in [0, 0.1) is 5.82 Å². The maximum Gasteiger partial charge on any atom is 0.261 e. The van der Waals surface area contributed by atoms with Crippen LogP contribution in [-0.4, -0.2) is 25.6 Å². The summed E-state index contributed by atoms with van der Waals surface area (Å²) < 4.78 is 20.2. The summed E-state index contributed by atoms with van der Waals surface area (Å²) in [6.45, 7) is 1.47. The Kier molecular flexibility index (Phi) is 5.40. The number of rotatable bonds is 5. The van der Waals surface area contributed by atoms with Crippen LogP contribution in [0.25, 0.3) is 22.3 Å². The predicted octanol–water partition coefficient (Wildman–Crippen LogP) is 3.23. The standard InChI is InChI=1S/C20H15BrFN5O3/c1-11(19-25-18(26-30-19)12-2-5-14(22)6-3-12)24-17(28)9-27-10-23-16-7-4-13(21)8-15(16)20(27)29/h2-8,10-11H,9H2,1H3,(H,24,28). The minimum absolute atomic E-state index is 0.190. The molecule has 1 N–H and O–H groups in total.